The van der Waals surface area contributed by atoms with Crippen molar-refractivity contribution < 1.29 is 8.42 Å². The molecule has 0 aliphatic carbocycles. The molecule has 6 nitrogen and oxygen atoms in total. The van der Waals surface area contributed by atoms with E-state index < -0.39 is 10.0 Å². The van der Waals surface area contributed by atoms with E-state index in [1.807, 2.05) is 26.8 Å². The second-order valence-corrected chi connectivity index (χ2v) is 9.68. The molecule has 0 bridgehead atoms. The van der Waals surface area contributed by atoms with Crippen molar-refractivity contribution in [2.75, 3.05) is 18.8 Å². The van der Waals surface area contributed by atoms with Crippen LogP contribution in [-0.2, 0) is 10.0 Å². The zero-order valence-electron chi connectivity index (χ0n) is 17.3. The number of hydrogen-bond donors (Lipinski definition) is 0. The molecule has 0 fully saturated rings. The molecule has 2 rings (SSSR count). The van der Waals surface area contributed by atoms with E-state index in [0.29, 0.717) is 18.9 Å². The minimum atomic E-state index is -3.53. The summed E-state index contributed by atoms with van der Waals surface area (Å²) in [5.74, 6) is 1.46. The highest BCUT2D eigenvalue weighted by molar-refractivity contribution is 7.99. The number of benzene rings is 1. The zero-order chi connectivity index (χ0) is 20.9. The van der Waals surface area contributed by atoms with Gasteiger partial charge in [-0.25, -0.2) is 8.42 Å². The third-order valence-corrected chi connectivity index (χ3v) is 7.80. The average Bonchev–Trinajstić information content (AvgIpc) is 3.10. The van der Waals surface area contributed by atoms with Crippen LogP contribution in [-0.4, -0.2) is 46.3 Å². The Hall–Kier alpha value is -1.64. The summed E-state index contributed by atoms with van der Waals surface area (Å²) < 4.78 is 29.4. The lowest BCUT2D eigenvalue weighted by Crippen LogP contribution is -2.30. The Balaban J connectivity index is 2.52. The van der Waals surface area contributed by atoms with Crippen LogP contribution < -0.4 is 0 Å². The second-order valence-electron chi connectivity index (χ2n) is 6.80. The third kappa shape index (κ3) is 4.85. The van der Waals surface area contributed by atoms with Crippen LogP contribution in [0.25, 0.3) is 11.4 Å². The fraction of sp³-hybridized carbons (Fsp3) is 0.500. The molecule has 2 aromatic rings. The Morgan fingerprint density at radius 1 is 1.25 bits per heavy atom. The van der Waals surface area contributed by atoms with E-state index in [0.717, 1.165) is 28.5 Å². The van der Waals surface area contributed by atoms with Gasteiger partial charge in [-0.05, 0) is 32.4 Å². The SMILES string of the molecule is C=C(C)CSc1nnc(-c2cccc(S(=O)(=O)N(CC)CC)c2)n1[C@@H](C)CC. The fourth-order valence-corrected chi connectivity index (χ4v) is 5.23. The topological polar surface area (TPSA) is 68.1 Å². The van der Waals surface area contributed by atoms with E-state index in [9.17, 15) is 8.42 Å². The normalized spacial score (nSPS) is 13.1. The maximum absolute atomic E-state index is 12.9. The monoisotopic (exact) mass is 422 g/mol. The summed E-state index contributed by atoms with van der Waals surface area (Å²) in [5, 5.41) is 9.59. The van der Waals surface area contributed by atoms with Crippen LogP contribution in [0.4, 0.5) is 0 Å². The summed E-state index contributed by atoms with van der Waals surface area (Å²) in [6, 6.07) is 7.18. The average molecular weight is 423 g/mol. The predicted octanol–water partition coefficient (Wildman–Crippen LogP) is 4.61. The first-order valence-corrected chi connectivity index (χ1v) is 12.0. The molecule has 0 aliphatic heterocycles. The van der Waals surface area contributed by atoms with Gasteiger partial charge in [-0.15, -0.1) is 10.2 Å². The molecule has 1 aromatic heterocycles. The zero-order valence-corrected chi connectivity index (χ0v) is 19.0. The van der Waals surface area contributed by atoms with Crippen LogP contribution in [0.3, 0.4) is 0 Å². The van der Waals surface area contributed by atoms with Crippen LogP contribution in [0.15, 0.2) is 46.5 Å². The second kappa shape index (κ2) is 9.71. The predicted molar refractivity (Wildman–Crippen MR) is 116 cm³/mol. The smallest absolute Gasteiger partial charge is 0.243 e. The van der Waals surface area contributed by atoms with Gasteiger partial charge in [-0.2, -0.15) is 4.31 Å². The van der Waals surface area contributed by atoms with Crippen molar-refractivity contribution >= 4 is 21.8 Å². The van der Waals surface area contributed by atoms with E-state index in [2.05, 4.69) is 35.2 Å². The summed E-state index contributed by atoms with van der Waals surface area (Å²) in [5.41, 5.74) is 1.82. The van der Waals surface area contributed by atoms with Gasteiger partial charge in [0.2, 0.25) is 10.0 Å². The number of sulfonamides is 1. The van der Waals surface area contributed by atoms with Crippen LogP contribution in [0.2, 0.25) is 0 Å². The highest BCUT2D eigenvalue weighted by Crippen LogP contribution is 2.31. The lowest BCUT2D eigenvalue weighted by Gasteiger charge is -2.19. The van der Waals surface area contributed by atoms with Gasteiger partial charge in [-0.1, -0.05) is 56.8 Å². The van der Waals surface area contributed by atoms with Crippen molar-refractivity contribution in [3.63, 3.8) is 0 Å². The first-order valence-electron chi connectivity index (χ1n) is 9.58. The Labute approximate surface area is 173 Å². The Morgan fingerprint density at radius 3 is 2.50 bits per heavy atom. The van der Waals surface area contributed by atoms with Gasteiger partial charge in [-0.3, -0.25) is 4.57 Å². The summed E-state index contributed by atoms with van der Waals surface area (Å²) in [4.78, 5) is 0.281. The molecular weight excluding hydrogens is 392 g/mol. The van der Waals surface area contributed by atoms with E-state index >= 15 is 0 Å². The summed E-state index contributed by atoms with van der Waals surface area (Å²) in [6.07, 6.45) is 0.920. The maximum atomic E-state index is 12.9. The van der Waals surface area contributed by atoms with Crippen LogP contribution in [0.5, 0.6) is 0 Å². The minimum absolute atomic E-state index is 0.195. The van der Waals surface area contributed by atoms with Gasteiger partial charge < -0.3 is 0 Å². The van der Waals surface area contributed by atoms with Crippen molar-refractivity contribution in [2.24, 2.45) is 0 Å². The van der Waals surface area contributed by atoms with Crippen molar-refractivity contribution in [1.29, 1.82) is 0 Å². The Kier molecular flexibility index (Phi) is 7.86. The highest BCUT2D eigenvalue weighted by Gasteiger charge is 2.24. The lowest BCUT2D eigenvalue weighted by molar-refractivity contribution is 0.445. The lowest BCUT2D eigenvalue weighted by atomic mass is 10.2. The first-order chi connectivity index (χ1) is 13.3. The van der Waals surface area contributed by atoms with Crippen LogP contribution in [0.1, 0.15) is 47.1 Å². The number of nitrogens with zero attached hydrogens (tertiary/aromatic N) is 4. The van der Waals surface area contributed by atoms with Crippen molar-refractivity contribution in [1.82, 2.24) is 19.1 Å². The van der Waals surface area contributed by atoms with Crippen molar-refractivity contribution in [3.8, 4) is 11.4 Å². The highest BCUT2D eigenvalue weighted by atomic mass is 32.2. The first kappa shape index (κ1) is 22.6. The molecule has 0 unspecified atom stereocenters. The van der Waals surface area contributed by atoms with Crippen molar-refractivity contribution in [2.45, 2.75) is 57.1 Å². The molecule has 0 aliphatic rings. The summed E-state index contributed by atoms with van der Waals surface area (Å²) in [7, 11) is -3.53. The summed E-state index contributed by atoms with van der Waals surface area (Å²) >= 11 is 1.60. The third-order valence-electron chi connectivity index (χ3n) is 4.58. The van der Waals surface area contributed by atoms with Crippen LogP contribution >= 0.6 is 11.8 Å². The fourth-order valence-electron chi connectivity index (χ4n) is 2.85. The molecule has 0 radical (unpaired) electrons. The summed E-state index contributed by atoms with van der Waals surface area (Å²) in [6.45, 7) is 14.7. The van der Waals surface area contributed by atoms with E-state index in [4.69, 9.17) is 0 Å². The molecule has 1 aromatic carbocycles. The minimum Gasteiger partial charge on any atom is -0.299 e. The Morgan fingerprint density at radius 2 is 1.93 bits per heavy atom. The number of rotatable bonds is 10. The molecule has 0 saturated heterocycles. The molecule has 8 heteroatoms. The molecule has 0 amide bonds. The number of thioether (sulfide) groups is 1. The quantitative estimate of drug-likeness (QED) is 0.413. The van der Waals surface area contributed by atoms with Gasteiger partial charge in [0.15, 0.2) is 11.0 Å². The largest absolute Gasteiger partial charge is 0.299 e. The molecule has 1 heterocycles. The van der Waals surface area contributed by atoms with E-state index in [1.54, 1.807) is 30.0 Å². The molecule has 1 atom stereocenters. The molecule has 0 N–H and O–H groups in total. The van der Waals surface area contributed by atoms with Gasteiger partial charge in [0.05, 0.1) is 4.90 Å². The van der Waals surface area contributed by atoms with Gasteiger partial charge in [0.25, 0.3) is 0 Å². The molecule has 0 saturated carbocycles. The number of aromatic nitrogens is 3. The van der Waals surface area contributed by atoms with Gasteiger partial charge >= 0.3 is 0 Å². The molecule has 0 spiro atoms. The standard InChI is InChI=1S/C20H30N4O2S2/c1-7-16(6)24-19(21-22-20(24)27-14-15(4)5)17-11-10-12-18(13-17)28(25,26)23(8-2)9-3/h10-13,16H,4,7-9,14H2,1-3,5-6H3/t16-/m0/s1. The maximum Gasteiger partial charge on any atom is 0.243 e. The molecule has 154 valence electrons. The van der Waals surface area contributed by atoms with Gasteiger partial charge in [0, 0.05) is 30.4 Å². The number of hydrogen-bond acceptors (Lipinski definition) is 5. The van der Waals surface area contributed by atoms with E-state index in [1.165, 1.54) is 4.31 Å². The van der Waals surface area contributed by atoms with Gasteiger partial charge in [0.1, 0.15) is 0 Å². The van der Waals surface area contributed by atoms with E-state index in [-0.39, 0.29) is 10.9 Å². The Bertz CT molecular complexity index is 918. The van der Waals surface area contributed by atoms with Crippen molar-refractivity contribution in [3.05, 3.63) is 36.4 Å². The molecule has 28 heavy (non-hydrogen) atoms. The van der Waals surface area contributed by atoms with Crippen LogP contribution in [0, 0.1) is 0 Å². The molecular formula is C20H30N4O2S2.